The summed E-state index contributed by atoms with van der Waals surface area (Å²) in [5, 5.41) is 11.7. The number of amides is 1. The van der Waals surface area contributed by atoms with Crippen LogP contribution in [-0.4, -0.2) is 5.91 Å². The summed E-state index contributed by atoms with van der Waals surface area (Å²) in [4.78, 5) is 12.2. The number of nitrogens with one attached hydrogen (secondary N) is 1. The summed E-state index contributed by atoms with van der Waals surface area (Å²) < 4.78 is 19.8. The second-order valence-electron chi connectivity index (χ2n) is 5.34. The first kappa shape index (κ1) is 17.6. The summed E-state index contributed by atoms with van der Waals surface area (Å²) in [6, 6.07) is 18.3. The van der Waals surface area contributed by atoms with E-state index < -0.39 is 11.7 Å². The Bertz CT molecular complexity index is 1020. The molecule has 3 rings (SSSR count). The third-order valence-electron chi connectivity index (χ3n) is 3.49. The zero-order valence-corrected chi connectivity index (χ0v) is 15.0. The van der Waals surface area contributed by atoms with Gasteiger partial charge in [0.1, 0.15) is 29.0 Å². The van der Waals surface area contributed by atoms with Crippen molar-refractivity contribution in [2.45, 2.75) is 0 Å². The lowest BCUT2D eigenvalue weighted by Crippen LogP contribution is -2.13. The molecule has 4 nitrogen and oxygen atoms in total. The number of nitrogens with zero attached hydrogens (tertiary/aromatic N) is 1. The van der Waals surface area contributed by atoms with Gasteiger partial charge in [-0.05, 0) is 42.5 Å². The van der Waals surface area contributed by atoms with Crippen molar-refractivity contribution in [2.75, 3.05) is 5.32 Å². The minimum atomic E-state index is -0.639. The lowest BCUT2D eigenvalue weighted by atomic mass is 10.2. The molecule has 1 amide bonds. The molecule has 0 saturated heterocycles. The number of hydrogen-bond acceptors (Lipinski definition) is 3. The van der Waals surface area contributed by atoms with Crippen LogP contribution >= 0.6 is 15.9 Å². The van der Waals surface area contributed by atoms with Gasteiger partial charge in [0.15, 0.2) is 0 Å². The van der Waals surface area contributed by atoms with E-state index in [-0.39, 0.29) is 11.3 Å². The Hall–Kier alpha value is -3.17. The fourth-order valence-electron chi connectivity index (χ4n) is 2.26. The van der Waals surface area contributed by atoms with Crippen LogP contribution in [0.15, 0.2) is 75.1 Å². The van der Waals surface area contributed by atoms with Crippen LogP contribution in [0.1, 0.15) is 5.76 Å². The highest BCUT2D eigenvalue weighted by molar-refractivity contribution is 9.10. The van der Waals surface area contributed by atoms with E-state index in [9.17, 15) is 14.4 Å². The van der Waals surface area contributed by atoms with Crippen LogP contribution in [-0.2, 0) is 4.79 Å². The number of nitriles is 1. The Balaban J connectivity index is 1.80. The summed E-state index contributed by atoms with van der Waals surface area (Å²) in [7, 11) is 0. The molecule has 1 N–H and O–H groups in total. The molecule has 0 aliphatic rings. The summed E-state index contributed by atoms with van der Waals surface area (Å²) in [6.07, 6.45) is 1.34. The van der Waals surface area contributed by atoms with Gasteiger partial charge in [-0.2, -0.15) is 5.26 Å². The lowest BCUT2D eigenvalue weighted by Gasteiger charge is -2.03. The van der Waals surface area contributed by atoms with Crippen molar-refractivity contribution in [3.05, 3.63) is 82.3 Å². The predicted octanol–water partition coefficient (Wildman–Crippen LogP) is 5.39. The van der Waals surface area contributed by atoms with Gasteiger partial charge in [0, 0.05) is 21.8 Å². The van der Waals surface area contributed by atoms with Gasteiger partial charge in [0.05, 0.1) is 0 Å². The largest absolute Gasteiger partial charge is 0.457 e. The van der Waals surface area contributed by atoms with E-state index in [1.54, 1.807) is 12.1 Å². The number of rotatable bonds is 4. The van der Waals surface area contributed by atoms with Crippen LogP contribution in [0, 0.1) is 17.1 Å². The fraction of sp³-hybridized carbons (Fsp3) is 0. The van der Waals surface area contributed by atoms with E-state index in [2.05, 4.69) is 21.2 Å². The van der Waals surface area contributed by atoms with Crippen LogP contribution in [0.25, 0.3) is 17.4 Å². The first-order valence-corrected chi connectivity index (χ1v) is 8.39. The Morgan fingerprint density at radius 2 is 1.92 bits per heavy atom. The van der Waals surface area contributed by atoms with Gasteiger partial charge in [-0.3, -0.25) is 4.79 Å². The quantitative estimate of drug-likeness (QED) is 0.462. The van der Waals surface area contributed by atoms with E-state index >= 15 is 0 Å². The average Bonchev–Trinajstić information content (AvgIpc) is 3.09. The van der Waals surface area contributed by atoms with Crippen molar-refractivity contribution >= 4 is 33.6 Å². The third-order valence-corrected chi connectivity index (χ3v) is 4.02. The predicted molar refractivity (Wildman–Crippen MR) is 100 cm³/mol. The van der Waals surface area contributed by atoms with Crippen LogP contribution in [0.4, 0.5) is 10.1 Å². The monoisotopic (exact) mass is 410 g/mol. The van der Waals surface area contributed by atoms with Crippen molar-refractivity contribution in [1.82, 2.24) is 0 Å². The molecule has 26 heavy (non-hydrogen) atoms. The Morgan fingerprint density at radius 1 is 1.15 bits per heavy atom. The van der Waals surface area contributed by atoms with Gasteiger partial charge < -0.3 is 9.73 Å². The second-order valence-corrected chi connectivity index (χ2v) is 6.26. The maximum absolute atomic E-state index is 13.2. The van der Waals surface area contributed by atoms with Gasteiger partial charge >= 0.3 is 0 Å². The average molecular weight is 411 g/mol. The summed E-state index contributed by atoms with van der Waals surface area (Å²) >= 11 is 3.37. The maximum atomic E-state index is 13.2. The van der Waals surface area contributed by atoms with Crippen molar-refractivity contribution in [1.29, 1.82) is 5.26 Å². The maximum Gasteiger partial charge on any atom is 0.266 e. The van der Waals surface area contributed by atoms with Gasteiger partial charge in [-0.15, -0.1) is 0 Å². The number of furan rings is 1. The zero-order valence-electron chi connectivity index (χ0n) is 13.4. The highest BCUT2D eigenvalue weighted by Gasteiger charge is 2.12. The van der Waals surface area contributed by atoms with Crippen LogP contribution < -0.4 is 5.32 Å². The lowest BCUT2D eigenvalue weighted by molar-refractivity contribution is -0.112. The van der Waals surface area contributed by atoms with Crippen LogP contribution in [0.5, 0.6) is 0 Å². The number of carbonyl (C=O) groups excluding carboxylic acids is 1. The standard InChI is InChI=1S/C20H12BrFN2O2/c21-15-6-4-13(5-7-15)19-9-8-18(26-19)10-14(12-23)20(25)24-17-3-1-2-16(22)11-17/h1-11H,(H,24,25)/b14-10+. The highest BCUT2D eigenvalue weighted by Crippen LogP contribution is 2.25. The van der Waals surface area contributed by atoms with E-state index in [4.69, 9.17) is 4.42 Å². The van der Waals surface area contributed by atoms with E-state index in [1.807, 2.05) is 30.3 Å². The van der Waals surface area contributed by atoms with Gasteiger partial charge in [-0.1, -0.05) is 34.1 Å². The number of hydrogen-bond donors (Lipinski definition) is 1. The Morgan fingerprint density at radius 3 is 2.62 bits per heavy atom. The molecule has 0 saturated carbocycles. The van der Waals surface area contributed by atoms with E-state index in [1.165, 1.54) is 30.3 Å². The fourth-order valence-corrected chi connectivity index (χ4v) is 2.52. The van der Waals surface area contributed by atoms with Crippen molar-refractivity contribution in [3.8, 4) is 17.4 Å². The molecule has 6 heteroatoms. The smallest absolute Gasteiger partial charge is 0.266 e. The van der Waals surface area contributed by atoms with Gasteiger partial charge in [0.2, 0.25) is 0 Å². The molecule has 0 bridgehead atoms. The number of halogens is 2. The molecule has 3 aromatic rings. The van der Waals surface area contributed by atoms with Gasteiger partial charge in [-0.25, -0.2) is 4.39 Å². The minimum Gasteiger partial charge on any atom is -0.457 e. The van der Waals surface area contributed by atoms with E-state index in [0.29, 0.717) is 11.5 Å². The molecule has 0 fully saturated rings. The summed E-state index contributed by atoms with van der Waals surface area (Å²) in [5.74, 6) is -0.129. The molecule has 0 radical (unpaired) electrons. The Labute approximate surface area is 157 Å². The molecule has 0 atom stereocenters. The first-order valence-electron chi connectivity index (χ1n) is 7.59. The molecule has 128 valence electrons. The second kappa shape index (κ2) is 7.81. The number of anilines is 1. The zero-order chi connectivity index (χ0) is 18.5. The normalized spacial score (nSPS) is 11.0. The SMILES string of the molecule is N#C/C(=C\c1ccc(-c2ccc(Br)cc2)o1)C(=O)Nc1cccc(F)c1. The molecule has 0 spiro atoms. The molecular formula is C20H12BrFN2O2. The molecule has 1 aromatic heterocycles. The topological polar surface area (TPSA) is 66.0 Å². The van der Waals surface area contributed by atoms with Crippen LogP contribution in [0.3, 0.4) is 0 Å². The molecule has 0 aliphatic carbocycles. The number of carbonyl (C=O) groups is 1. The number of benzene rings is 2. The molecular weight excluding hydrogens is 399 g/mol. The third kappa shape index (κ3) is 4.26. The molecule has 2 aromatic carbocycles. The summed E-state index contributed by atoms with van der Waals surface area (Å²) in [6.45, 7) is 0. The summed E-state index contributed by atoms with van der Waals surface area (Å²) in [5.41, 5.74) is 0.993. The molecule has 0 unspecified atom stereocenters. The molecule has 0 aliphatic heterocycles. The van der Waals surface area contributed by atoms with Crippen molar-refractivity contribution in [3.63, 3.8) is 0 Å². The minimum absolute atomic E-state index is 0.147. The first-order chi connectivity index (χ1) is 12.5. The van der Waals surface area contributed by atoms with Gasteiger partial charge in [0.25, 0.3) is 5.91 Å². The van der Waals surface area contributed by atoms with Crippen molar-refractivity contribution < 1.29 is 13.6 Å². The molecule has 1 heterocycles. The highest BCUT2D eigenvalue weighted by atomic mass is 79.9. The van der Waals surface area contributed by atoms with Crippen molar-refractivity contribution in [2.24, 2.45) is 0 Å². The van der Waals surface area contributed by atoms with Crippen LogP contribution in [0.2, 0.25) is 0 Å². The Kier molecular flexibility index (Phi) is 5.30. The van der Waals surface area contributed by atoms with E-state index in [0.717, 1.165) is 10.0 Å².